The van der Waals surface area contributed by atoms with Gasteiger partial charge in [0.25, 0.3) is 0 Å². The number of aliphatic hydroxyl groups excluding tert-OH is 1. The number of hydrogen-bond donors (Lipinski definition) is 1. The second-order valence-electron chi connectivity index (χ2n) is 9.79. The number of carbonyl (C=O) groups excluding carboxylic acids is 2. The molecule has 0 bridgehead atoms. The number of rotatable bonds is 19. The van der Waals surface area contributed by atoms with Crippen molar-refractivity contribution < 1.29 is 14.7 Å². The largest absolute Gasteiger partial charge is 0.507 e. The van der Waals surface area contributed by atoms with Gasteiger partial charge in [-0.1, -0.05) is 140 Å². The van der Waals surface area contributed by atoms with E-state index in [0.29, 0.717) is 23.1 Å². The first-order valence-electron chi connectivity index (χ1n) is 13.8. The summed E-state index contributed by atoms with van der Waals surface area (Å²) in [5.41, 5.74) is 1.12. The van der Waals surface area contributed by atoms with Gasteiger partial charge in [-0.3, -0.25) is 9.59 Å². The smallest absolute Gasteiger partial charge is 0.234 e. The molecule has 0 aromatic heterocycles. The van der Waals surface area contributed by atoms with Crippen molar-refractivity contribution in [3.8, 4) is 0 Å². The second-order valence-corrected chi connectivity index (χ2v) is 9.79. The van der Waals surface area contributed by atoms with E-state index in [1.807, 2.05) is 0 Å². The summed E-state index contributed by atoms with van der Waals surface area (Å²) in [7, 11) is 0. The Bertz CT molecular complexity index is 747. The molecule has 1 N–H and O–H groups in total. The van der Waals surface area contributed by atoms with Crippen LogP contribution < -0.4 is 0 Å². The predicted molar refractivity (Wildman–Crippen MR) is 139 cm³/mol. The summed E-state index contributed by atoms with van der Waals surface area (Å²) in [6, 6.07) is 6.83. The Balaban J connectivity index is 1.43. The molecule has 0 radical (unpaired) electrons. The Hall–Kier alpha value is -1.90. The molecular formula is C30H46O3. The Labute approximate surface area is 202 Å². The summed E-state index contributed by atoms with van der Waals surface area (Å²) < 4.78 is 0. The van der Waals surface area contributed by atoms with Gasteiger partial charge >= 0.3 is 0 Å². The molecular weight excluding hydrogens is 408 g/mol. The summed E-state index contributed by atoms with van der Waals surface area (Å²) in [5.74, 6) is -1.01. The number of fused-ring (bicyclic) bond motifs is 1. The van der Waals surface area contributed by atoms with E-state index < -0.39 is 11.6 Å². The fourth-order valence-electron chi connectivity index (χ4n) is 4.85. The molecule has 0 aliphatic heterocycles. The van der Waals surface area contributed by atoms with Gasteiger partial charge in [-0.25, -0.2) is 0 Å². The maximum atomic E-state index is 12.3. The van der Waals surface area contributed by atoms with Gasteiger partial charge in [-0.15, -0.1) is 0 Å². The number of unbranched alkanes of at least 4 members (excludes halogenated alkanes) is 17. The minimum Gasteiger partial charge on any atom is -0.507 e. The summed E-state index contributed by atoms with van der Waals surface area (Å²) in [4.78, 5) is 24.6. The lowest BCUT2D eigenvalue weighted by atomic mass is 9.86. The average molecular weight is 455 g/mol. The molecule has 3 heteroatoms. The molecule has 0 amide bonds. The number of carbonyl (C=O) groups is 2. The van der Waals surface area contributed by atoms with Crippen LogP contribution in [0.1, 0.15) is 145 Å². The third-order valence-electron chi connectivity index (χ3n) is 6.97. The van der Waals surface area contributed by atoms with Gasteiger partial charge in [-0.2, -0.15) is 0 Å². The second kappa shape index (κ2) is 16.7. The zero-order valence-electron chi connectivity index (χ0n) is 21.0. The molecule has 0 saturated carbocycles. The van der Waals surface area contributed by atoms with Gasteiger partial charge in [0.2, 0.25) is 11.6 Å². The standard InChI is InChI=1S/C30H46O3/c1-2-3-4-5-6-7-8-9-10-11-12-13-14-15-16-17-18-19-24-27-28(31)25-22-20-21-23-26(25)29(32)30(27)33/h20-23,31H,2-19,24H2,1H3. The number of ketones is 2. The van der Waals surface area contributed by atoms with Gasteiger partial charge in [-0.05, 0) is 12.8 Å². The average Bonchev–Trinajstić information content (AvgIpc) is 2.83. The lowest BCUT2D eigenvalue weighted by molar-refractivity contribution is -0.112. The van der Waals surface area contributed by atoms with Crippen LogP contribution in [0.4, 0.5) is 0 Å². The molecule has 0 unspecified atom stereocenters. The van der Waals surface area contributed by atoms with E-state index in [-0.39, 0.29) is 5.76 Å². The molecule has 0 spiro atoms. The zero-order chi connectivity index (χ0) is 23.7. The maximum Gasteiger partial charge on any atom is 0.234 e. The number of Topliss-reactive ketones (excluding diaryl/α,β-unsaturated/α-hetero) is 2. The van der Waals surface area contributed by atoms with Crippen LogP contribution in [-0.4, -0.2) is 16.7 Å². The SMILES string of the molecule is CCCCCCCCCCCCCCCCCCCCC1=C(O)c2ccccc2C(=O)C1=O. The Morgan fingerprint density at radius 3 is 1.39 bits per heavy atom. The highest BCUT2D eigenvalue weighted by Crippen LogP contribution is 2.30. The quantitative estimate of drug-likeness (QED) is 0.167. The van der Waals surface area contributed by atoms with Gasteiger partial charge in [0.15, 0.2) is 0 Å². The fourth-order valence-corrected chi connectivity index (χ4v) is 4.85. The molecule has 0 heterocycles. The summed E-state index contributed by atoms with van der Waals surface area (Å²) >= 11 is 0. The van der Waals surface area contributed by atoms with E-state index in [0.717, 1.165) is 19.3 Å². The van der Waals surface area contributed by atoms with Crippen LogP contribution in [0.25, 0.3) is 5.76 Å². The van der Waals surface area contributed by atoms with Crippen LogP contribution in [-0.2, 0) is 4.79 Å². The van der Waals surface area contributed by atoms with E-state index in [1.54, 1.807) is 24.3 Å². The molecule has 2 rings (SSSR count). The van der Waals surface area contributed by atoms with Crippen LogP contribution >= 0.6 is 0 Å². The molecule has 33 heavy (non-hydrogen) atoms. The first kappa shape index (κ1) is 27.3. The summed E-state index contributed by atoms with van der Waals surface area (Å²) in [5, 5.41) is 10.5. The van der Waals surface area contributed by atoms with Crippen molar-refractivity contribution in [1.82, 2.24) is 0 Å². The lowest BCUT2D eigenvalue weighted by Crippen LogP contribution is -2.24. The van der Waals surface area contributed by atoms with E-state index in [9.17, 15) is 14.7 Å². The van der Waals surface area contributed by atoms with Crippen molar-refractivity contribution in [3.63, 3.8) is 0 Å². The van der Waals surface area contributed by atoms with Crippen LogP contribution in [0.5, 0.6) is 0 Å². The maximum absolute atomic E-state index is 12.3. The summed E-state index contributed by atoms with van der Waals surface area (Å²) in [6.45, 7) is 2.28. The lowest BCUT2D eigenvalue weighted by Gasteiger charge is -2.17. The molecule has 0 atom stereocenters. The first-order valence-corrected chi connectivity index (χ1v) is 13.8. The first-order chi connectivity index (χ1) is 16.2. The Kier molecular flexibility index (Phi) is 13.8. The molecule has 0 saturated heterocycles. The topological polar surface area (TPSA) is 54.4 Å². The van der Waals surface area contributed by atoms with E-state index >= 15 is 0 Å². The highest BCUT2D eigenvalue weighted by molar-refractivity contribution is 6.52. The van der Waals surface area contributed by atoms with Crippen LogP contribution in [0.3, 0.4) is 0 Å². The zero-order valence-corrected chi connectivity index (χ0v) is 21.0. The third kappa shape index (κ3) is 9.86. The van der Waals surface area contributed by atoms with E-state index in [2.05, 4.69) is 6.92 Å². The number of hydrogen-bond acceptors (Lipinski definition) is 3. The number of allylic oxidation sites excluding steroid dienone is 1. The molecule has 3 nitrogen and oxygen atoms in total. The Morgan fingerprint density at radius 1 is 0.545 bits per heavy atom. The van der Waals surface area contributed by atoms with Gasteiger partial charge < -0.3 is 5.11 Å². The van der Waals surface area contributed by atoms with Crippen LogP contribution in [0.15, 0.2) is 29.8 Å². The molecule has 184 valence electrons. The van der Waals surface area contributed by atoms with Crippen molar-refractivity contribution in [2.45, 2.75) is 129 Å². The minimum atomic E-state index is -0.529. The van der Waals surface area contributed by atoms with Crippen molar-refractivity contribution in [2.24, 2.45) is 0 Å². The fraction of sp³-hybridized carbons (Fsp3) is 0.667. The van der Waals surface area contributed by atoms with Crippen LogP contribution in [0.2, 0.25) is 0 Å². The highest BCUT2D eigenvalue weighted by Gasteiger charge is 2.31. The minimum absolute atomic E-state index is 0.00201. The number of benzene rings is 1. The van der Waals surface area contributed by atoms with Crippen molar-refractivity contribution in [2.75, 3.05) is 0 Å². The van der Waals surface area contributed by atoms with Crippen molar-refractivity contribution in [1.29, 1.82) is 0 Å². The van der Waals surface area contributed by atoms with Crippen molar-refractivity contribution in [3.05, 3.63) is 41.0 Å². The molecule has 1 aromatic carbocycles. The van der Waals surface area contributed by atoms with E-state index in [4.69, 9.17) is 0 Å². The van der Waals surface area contributed by atoms with Gasteiger partial charge in [0.1, 0.15) is 5.76 Å². The molecule has 0 fully saturated rings. The van der Waals surface area contributed by atoms with Crippen molar-refractivity contribution >= 4 is 17.3 Å². The molecule has 1 aromatic rings. The Morgan fingerprint density at radius 2 is 0.939 bits per heavy atom. The monoisotopic (exact) mass is 454 g/mol. The highest BCUT2D eigenvalue weighted by atomic mass is 16.3. The summed E-state index contributed by atoms with van der Waals surface area (Å²) in [6.07, 6.45) is 24.2. The molecule has 1 aliphatic carbocycles. The predicted octanol–water partition coefficient (Wildman–Crippen LogP) is 9.15. The van der Waals surface area contributed by atoms with Crippen LogP contribution in [0, 0.1) is 0 Å². The number of aliphatic hydroxyl groups is 1. The normalized spacial score (nSPS) is 13.6. The van der Waals surface area contributed by atoms with Gasteiger partial charge in [0, 0.05) is 16.7 Å². The van der Waals surface area contributed by atoms with E-state index in [1.165, 1.54) is 96.3 Å². The van der Waals surface area contributed by atoms with Gasteiger partial charge in [0.05, 0.1) is 0 Å². The third-order valence-corrected chi connectivity index (χ3v) is 6.97. The molecule has 1 aliphatic rings.